The molecule has 0 aliphatic rings. The van der Waals surface area contributed by atoms with Gasteiger partial charge in [0.1, 0.15) is 10.8 Å². The zero-order valence-electron chi connectivity index (χ0n) is 19.2. The molecule has 0 aliphatic carbocycles. The molecule has 4 aromatic rings. The lowest BCUT2D eigenvalue weighted by Gasteiger charge is -2.08. The van der Waals surface area contributed by atoms with Gasteiger partial charge >= 0.3 is 5.69 Å². The van der Waals surface area contributed by atoms with Gasteiger partial charge in [0, 0.05) is 25.7 Å². The summed E-state index contributed by atoms with van der Waals surface area (Å²) in [4.78, 5) is 41.2. The Kier molecular flexibility index (Phi) is 6.21. The van der Waals surface area contributed by atoms with E-state index in [4.69, 9.17) is 11.6 Å². The number of aromatic nitrogens is 5. The standard InChI is InChI=1S/C24H23ClN6O3/c1-14-5-7-16(8-6-14)13-31-21(25)18(15(2)28-31)9-10-20(32)27-17-11-19-22(26-12-17)29(3)24(34)30(4)23(19)33/h5-12H,13H2,1-4H3,(H,27,32)/b10-9+. The Morgan fingerprint density at radius 3 is 2.53 bits per heavy atom. The third kappa shape index (κ3) is 4.42. The predicted molar refractivity (Wildman–Crippen MR) is 132 cm³/mol. The number of fused-ring (bicyclic) bond motifs is 1. The number of hydrogen-bond donors (Lipinski definition) is 1. The Morgan fingerprint density at radius 2 is 1.82 bits per heavy atom. The highest BCUT2D eigenvalue weighted by atomic mass is 35.5. The number of halogens is 1. The van der Waals surface area contributed by atoms with Crippen LogP contribution in [0.15, 0.2) is 52.2 Å². The summed E-state index contributed by atoms with van der Waals surface area (Å²) in [5.74, 6) is -0.426. The van der Waals surface area contributed by atoms with Crippen molar-refractivity contribution in [1.29, 1.82) is 0 Å². The molecule has 0 aliphatic heterocycles. The van der Waals surface area contributed by atoms with Gasteiger partial charge in [-0.05, 0) is 31.6 Å². The second kappa shape index (κ2) is 9.11. The van der Waals surface area contributed by atoms with E-state index in [1.54, 1.807) is 10.8 Å². The van der Waals surface area contributed by atoms with Crippen LogP contribution < -0.4 is 16.6 Å². The summed E-state index contributed by atoms with van der Waals surface area (Å²) in [5.41, 5.74) is 3.19. The Hall–Kier alpha value is -3.98. The van der Waals surface area contributed by atoms with E-state index in [2.05, 4.69) is 15.4 Å². The van der Waals surface area contributed by atoms with Crippen molar-refractivity contribution < 1.29 is 4.79 Å². The van der Waals surface area contributed by atoms with E-state index in [1.807, 2.05) is 38.1 Å². The molecule has 3 heterocycles. The zero-order chi connectivity index (χ0) is 24.6. The summed E-state index contributed by atoms with van der Waals surface area (Å²) in [6.45, 7) is 4.36. The fraction of sp³-hybridized carbons (Fsp3) is 0.208. The van der Waals surface area contributed by atoms with E-state index in [9.17, 15) is 14.4 Å². The van der Waals surface area contributed by atoms with Gasteiger partial charge in [-0.3, -0.25) is 18.7 Å². The zero-order valence-corrected chi connectivity index (χ0v) is 19.9. The minimum atomic E-state index is -0.486. The van der Waals surface area contributed by atoms with Crippen LogP contribution >= 0.6 is 11.6 Å². The van der Waals surface area contributed by atoms with Crippen LogP contribution in [-0.4, -0.2) is 29.8 Å². The van der Waals surface area contributed by atoms with Gasteiger partial charge in [0.2, 0.25) is 5.91 Å². The maximum Gasteiger partial charge on any atom is 0.332 e. The molecule has 34 heavy (non-hydrogen) atoms. The van der Waals surface area contributed by atoms with Gasteiger partial charge < -0.3 is 5.32 Å². The molecule has 1 N–H and O–H groups in total. The summed E-state index contributed by atoms with van der Waals surface area (Å²) in [6, 6.07) is 9.60. The van der Waals surface area contributed by atoms with Gasteiger partial charge in [-0.2, -0.15) is 5.10 Å². The molecule has 0 fully saturated rings. The van der Waals surface area contributed by atoms with Crippen LogP contribution in [0.2, 0.25) is 5.15 Å². The van der Waals surface area contributed by atoms with Gasteiger partial charge in [0.15, 0.2) is 0 Å². The second-order valence-electron chi connectivity index (χ2n) is 8.06. The van der Waals surface area contributed by atoms with Crippen molar-refractivity contribution in [3.05, 3.63) is 91.0 Å². The Balaban J connectivity index is 1.54. The summed E-state index contributed by atoms with van der Waals surface area (Å²) < 4.78 is 3.96. The van der Waals surface area contributed by atoms with Crippen molar-refractivity contribution in [3.63, 3.8) is 0 Å². The van der Waals surface area contributed by atoms with Crippen LogP contribution in [0.5, 0.6) is 0 Å². The second-order valence-corrected chi connectivity index (χ2v) is 8.41. The number of anilines is 1. The number of benzene rings is 1. The Labute approximate surface area is 199 Å². The van der Waals surface area contributed by atoms with Crippen molar-refractivity contribution in [2.75, 3.05) is 5.32 Å². The number of carbonyl (C=O) groups excluding carboxylic acids is 1. The molecule has 0 saturated carbocycles. The van der Waals surface area contributed by atoms with Gasteiger partial charge in [0.05, 0.1) is 29.5 Å². The van der Waals surface area contributed by atoms with Crippen LogP contribution in [0.4, 0.5) is 5.69 Å². The van der Waals surface area contributed by atoms with Gasteiger partial charge in [0.25, 0.3) is 5.56 Å². The molecule has 0 saturated heterocycles. The highest BCUT2D eigenvalue weighted by molar-refractivity contribution is 6.31. The van der Waals surface area contributed by atoms with Crippen LogP contribution in [0, 0.1) is 13.8 Å². The molecule has 4 rings (SSSR count). The molecule has 1 amide bonds. The normalized spacial score (nSPS) is 11.4. The van der Waals surface area contributed by atoms with E-state index in [1.165, 1.54) is 42.6 Å². The first kappa shape index (κ1) is 23.2. The number of hydrogen-bond acceptors (Lipinski definition) is 5. The first-order valence-corrected chi connectivity index (χ1v) is 10.9. The maximum absolute atomic E-state index is 12.5. The number of nitrogens with one attached hydrogen (secondary N) is 1. The van der Waals surface area contributed by atoms with Crippen molar-refractivity contribution in [3.8, 4) is 0 Å². The SMILES string of the molecule is Cc1ccc(Cn2nc(C)c(/C=C/C(=O)Nc3cnc4c(c3)c(=O)n(C)c(=O)n4C)c2Cl)cc1. The summed E-state index contributed by atoms with van der Waals surface area (Å²) in [7, 11) is 2.92. The van der Waals surface area contributed by atoms with Crippen LogP contribution in [0.3, 0.4) is 0 Å². The largest absolute Gasteiger partial charge is 0.332 e. The number of nitrogens with zero attached hydrogens (tertiary/aromatic N) is 5. The fourth-order valence-electron chi connectivity index (χ4n) is 3.60. The monoisotopic (exact) mass is 478 g/mol. The first-order chi connectivity index (χ1) is 16.2. The minimum Gasteiger partial charge on any atom is -0.321 e. The van der Waals surface area contributed by atoms with Gasteiger partial charge in [-0.15, -0.1) is 0 Å². The van der Waals surface area contributed by atoms with Crippen LogP contribution in [0.25, 0.3) is 17.1 Å². The molecule has 3 aromatic heterocycles. The van der Waals surface area contributed by atoms with Crippen molar-refractivity contribution in [2.45, 2.75) is 20.4 Å². The van der Waals surface area contributed by atoms with E-state index in [0.29, 0.717) is 28.6 Å². The molecular formula is C24H23ClN6O3. The lowest BCUT2D eigenvalue weighted by Crippen LogP contribution is -2.37. The van der Waals surface area contributed by atoms with Gasteiger partial charge in [-0.25, -0.2) is 14.5 Å². The average molecular weight is 479 g/mol. The fourth-order valence-corrected chi connectivity index (χ4v) is 3.90. The molecule has 0 unspecified atom stereocenters. The molecule has 0 radical (unpaired) electrons. The molecule has 0 atom stereocenters. The Morgan fingerprint density at radius 1 is 1.12 bits per heavy atom. The summed E-state index contributed by atoms with van der Waals surface area (Å²) in [5, 5.41) is 7.82. The van der Waals surface area contributed by atoms with E-state index < -0.39 is 17.2 Å². The molecule has 10 heteroatoms. The molecular weight excluding hydrogens is 456 g/mol. The quantitative estimate of drug-likeness (QED) is 0.444. The topological polar surface area (TPSA) is 104 Å². The molecule has 9 nitrogen and oxygen atoms in total. The first-order valence-electron chi connectivity index (χ1n) is 10.5. The number of rotatable bonds is 5. The van der Waals surface area contributed by atoms with Crippen molar-refractivity contribution >= 4 is 40.3 Å². The summed E-state index contributed by atoms with van der Waals surface area (Å²) in [6.07, 6.45) is 4.34. The lowest BCUT2D eigenvalue weighted by molar-refractivity contribution is -0.111. The molecule has 1 aromatic carbocycles. The van der Waals surface area contributed by atoms with E-state index >= 15 is 0 Å². The molecule has 0 bridgehead atoms. The Bertz CT molecular complexity index is 1560. The lowest BCUT2D eigenvalue weighted by atomic mass is 10.1. The van der Waals surface area contributed by atoms with E-state index in [0.717, 1.165) is 10.1 Å². The smallest absolute Gasteiger partial charge is 0.321 e. The van der Waals surface area contributed by atoms with Crippen LogP contribution in [0.1, 0.15) is 22.4 Å². The third-order valence-electron chi connectivity index (χ3n) is 5.52. The number of amides is 1. The molecule has 174 valence electrons. The highest BCUT2D eigenvalue weighted by Gasteiger charge is 2.13. The predicted octanol–water partition coefficient (Wildman–Crippen LogP) is 2.80. The highest BCUT2D eigenvalue weighted by Crippen LogP contribution is 2.22. The van der Waals surface area contributed by atoms with Gasteiger partial charge in [-0.1, -0.05) is 41.4 Å². The van der Waals surface area contributed by atoms with Crippen molar-refractivity contribution in [1.82, 2.24) is 23.9 Å². The number of pyridine rings is 1. The number of aryl methyl sites for hydroxylation is 3. The minimum absolute atomic E-state index is 0.225. The van der Waals surface area contributed by atoms with Crippen molar-refractivity contribution in [2.24, 2.45) is 14.1 Å². The van der Waals surface area contributed by atoms with E-state index in [-0.39, 0.29) is 11.0 Å². The van der Waals surface area contributed by atoms with Crippen LogP contribution in [-0.2, 0) is 25.4 Å². The maximum atomic E-state index is 12.5. The number of carbonyl (C=O) groups is 1. The molecule has 0 spiro atoms. The summed E-state index contributed by atoms with van der Waals surface area (Å²) >= 11 is 6.52. The average Bonchev–Trinajstić information content (AvgIpc) is 3.08. The third-order valence-corrected chi connectivity index (χ3v) is 5.92.